The summed E-state index contributed by atoms with van der Waals surface area (Å²) in [6.07, 6.45) is 6.43. The Labute approximate surface area is 106 Å². The number of aryl methyl sites for hydroxylation is 1. The van der Waals surface area contributed by atoms with Crippen molar-refractivity contribution in [3.05, 3.63) is 17.3 Å². The van der Waals surface area contributed by atoms with Gasteiger partial charge in [-0.05, 0) is 12.5 Å². The topological polar surface area (TPSA) is 56.7 Å². The van der Waals surface area contributed by atoms with Crippen molar-refractivity contribution in [3.8, 4) is 0 Å². The van der Waals surface area contributed by atoms with Crippen molar-refractivity contribution in [2.75, 3.05) is 5.73 Å². The summed E-state index contributed by atoms with van der Waals surface area (Å²) in [6.45, 7) is 3.07. The molecule has 0 atom stereocenters. The number of hydrogen-bond acceptors (Lipinski definition) is 3. The van der Waals surface area contributed by atoms with Gasteiger partial charge in [-0.25, -0.2) is 9.97 Å². The van der Waals surface area contributed by atoms with Crippen LogP contribution >= 0.6 is 11.6 Å². The van der Waals surface area contributed by atoms with E-state index in [0.29, 0.717) is 11.0 Å². The number of imidazole rings is 1. The lowest BCUT2D eigenvalue weighted by Crippen LogP contribution is -2.04. The maximum atomic E-state index is 5.89. The van der Waals surface area contributed by atoms with E-state index in [1.165, 1.54) is 19.3 Å². The van der Waals surface area contributed by atoms with Gasteiger partial charge in [-0.2, -0.15) is 0 Å². The number of nitrogen functional groups attached to an aromatic ring is 1. The number of rotatable bonds is 5. The third-order valence-corrected chi connectivity index (χ3v) is 3.02. The van der Waals surface area contributed by atoms with Crippen LogP contribution in [0, 0.1) is 0 Å². The normalized spacial score (nSPS) is 11.2. The van der Waals surface area contributed by atoms with Gasteiger partial charge in [0.15, 0.2) is 5.65 Å². The molecule has 0 amide bonds. The van der Waals surface area contributed by atoms with Crippen molar-refractivity contribution in [2.24, 2.45) is 0 Å². The number of halogens is 1. The van der Waals surface area contributed by atoms with Gasteiger partial charge in [-0.1, -0.05) is 37.8 Å². The van der Waals surface area contributed by atoms with Crippen LogP contribution in [0.2, 0.25) is 5.02 Å². The number of pyridine rings is 1. The van der Waals surface area contributed by atoms with E-state index in [2.05, 4.69) is 16.9 Å². The van der Waals surface area contributed by atoms with Crippen molar-refractivity contribution in [3.63, 3.8) is 0 Å². The zero-order valence-corrected chi connectivity index (χ0v) is 10.7. The van der Waals surface area contributed by atoms with Gasteiger partial charge in [-0.15, -0.1) is 0 Å². The first-order valence-electron chi connectivity index (χ1n) is 5.99. The van der Waals surface area contributed by atoms with Crippen LogP contribution in [0.4, 0.5) is 5.95 Å². The van der Waals surface area contributed by atoms with Crippen molar-refractivity contribution in [2.45, 2.75) is 39.2 Å². The van der Waals surface area contributed by atoms with E-state index in [1.54, 1.807) is 12.3 Å². The summed E-state index contributed by atoms with van der Waals surface area (Å²) < 4.78 is 1.96. The van der Waals surface area contributed by atoms with Crippen molar-refractivity contribution in [1.29, 1.82) is 0 Å². The maximum Gasteiger partial charge on any atom is 0.202 e. The van der Waals surface area contributed by atoms with Crippen LogP contribution in [0.15, 0.2) is 12.3 Å². The lowest BCUT2D eigenvalue weighted by Gasteiger charge is -2.05. The molecule has 0 unspecified atom stereocenters. The molecule has 2 aromatic heterocycles. The van der Waals surface area contributed by atoms with Crippen LogP contribution in [0.1, 0.15) is 32.6 Å². The number of fused-ring (bicyclic) bond motifs is 1. The second-order valence-corrected chi connectivity index (χ2v) is 4.62. The maximum absolute atomic E-state index is 5.89. The number of aromatic nitrogens is 3. The lowest BCUT2D eigenvalue weighted by molar-refractivity contribution is 0.593. The Hall–Kier alpha value is -1.29. The fraction of sp³-hybridized carbons (Fsp3) is 0.500. The third-order valence-electron chi connectivity index (χ3n) is 2.82. The average Bonchev–Trinajstić information content (AvgIpc) is 2.60. The molecule has 92 valence electrons. The predicted molar refractivity (Wildman–Crippen MR) is 71.1 cm³/mol. The van der Waals surface area contributed by atoms with Crippen LogP contribution in [0.25, 0.3) is 11.2 Å². The highest BCUT2D eigenvalue weighted by molar-refractivity contribution is 6.31. The Morgan fingerprint density at radius 1 is 1.35 bits per heavy atom. The third kappa shape index (κ3) is 2.69. The van der Waals surface area contributed by atoms with E-state index in [9.17, 15) is 0 Å². The minimum atomic E-state index is 0.520. The van der Waals surface area contributed by atoms with Gasteiger partial charge in [0.1, 0.15) is 5.52 Å². The number of nitrogens with two attached hydrogens (primary N) is 1. The quantitative estimate of drug-likeness (QED) is 0.831. The minimum Gasteiger partial charge on any atom is -0.369 e. The zero-order chi connectivity index (χ0) is 12.3. The molecule has 2 heterocycles. The lowest BCUT2D eigenvalue weighted by atomic mass is 10.2. The van der Waals surface area contributed by atoms with Gasteiger partial charge in [0.05, 0.1) is 5.02 Å². The van der Waals surface area contributed by atoms with Crippen molar-refractivity contribution < 1.29 is 0 Å². The predicted octanol–water partition coefficient (Wildman–Crippen LogP) is 3.25. The number of nitrogens with zero attached hydrogens (tertiary/aromatic N) is 3. The van der Waals surface area contributed by atoms with Crippen LogP contribution < -0.4 is 5.73 Å². The van der Waals surface area contributed by atoms with Crippen molar-refractivity contribution >= 4 is 28.7 Å². The first-order valence-corrected chi connectivity index (χ1v) is 6.37. The van der Waals surface area contributed by atoms with E-state index in [1.807, 2.05) is 4.57 Å². The molecule has 0 radical (unpaired) electrons. The molecule has 0 aliphatic carbocycles. The van der Waals surface area contributed by atoms with Gasteiger partial charge in [0.2, 0.25) is 5.95 Å². The number of unbranched alkanes of at least 4 members (excludes halogenated alkanes) is 3. The fourth-order valence-electron chi connectivity index (χ4n) is 1.92. The largest absolute Gasteiger partial charge is 0.369 e. The highest BCUT2D eigenvalue weighted by Gasteiger charge is 2.09. The summed E-state index contributed by atoms with van der Waals surface area (Å²) >= 11 is 5.87. The first kappa shape index (κ1) is 12.2. The molecule has 2 N–H and O–H groups in total. The van der Waals surface area contributed by atoms with E-state index in [4.69, 9.17) is 17.3 Å². The van der Waals surface area contributed by atoms with Crippen LogP contribution in [0.5, 0.6) is 0 Å². The molecule has 5 heteroatoms. The summed E-state index contributed by atoms with van der Waals surface area (Å²) in [7, 11) is 0. The molecule has 0 aliphatic rings. The summed E-state index contributed by atoms with van der Waals surface area (Å²) in [5, 5.41) is 0.591. The molecule has 2 rings (SSSR count). The monoisotopic (exact) mass is 252 g/mol. The molecule has 0 fully saturated rings. The van der Waals surface area contributed by atoms with E-state index < -0.39 is 0 Å². The molecule has 0 aromatic carbocycles. The van der Waals surface area contributed by atoms with E-state index in [0.717, 1.165) is 24.1 Å². The summed E-state index contributed by atoms with van der Waals surface area (Å²) in [5.74, 6) is 0.520. The molecule has 4 nitrogen and oxygen atoms in total. The van der Waals surface area contributed by atoms with Crippen LogP contribution in [-0.4, -0.2) is 14.5 Å². The smallest absolute Gasteiger partial charge is 0.202 e. The Balaban J connectivity index is 2.18. The molecule has 0 aliphatic heterocycles. The van der Waals surface area contributed by atoms with Gasteiger partial charge in [-0.3, -0.25) is 4.57 Å². The highest BCUT2D eigenvalue weighted by Crippen LogP contribution is 2.19. The Kier molecular flexibility index (Phi) is 3.84. The van der Waals surface area contributed by atoms with Crippen LogP contribution in [0.3, 0.4) is 0 Å². The van der Waals surface area contributed by atoms with Crippen LogP contribution in [-0.2, 0) is 6.54 Å². The van der Waals surface area contributed by atoms with Gasteiger partial charge >= 0.3 is 0 Å². The van der Waals surface area contributed by atoms with Gasteiger partial charge < -0.3 is 5.73 Å². The van der Waals surface area contributed by atoms with Gasteiger partial charge in [0.25, 0.3) is 0 Å². The summed E-state index contributed by atoms with van der Waals surface area (Å²) in [4.78, 5) is 8.56. The number of anilines is 1. The molecule has 0 saturated carbocycles. The average molecular weight is 253 g/mol. The van der Waals surface area contributed by atoms with E-state index in [-0.39, 0.29) is 0 Å². The standard InChI is InChI=1S/C12H17ClN4/c1-2-3-4-5-6-17-11-10(16-12(17)14)7-9(13)8-15-11/h7-8H,2-6H2,1H3,(H2,14,16). The number of hydrogen-bond donors (Lipinski definition) is 1. The zero-order valence-electron chi connectivity index (χ0n) is 9.99. The molecule has 2 aromatic rings. The second kappa shape index (κ2) is 5.36. The fourth-order valence-corrected chi connectivity index (χ4v) is 2.07. The minimum absolute atomic E-state index is 0.520. The van der Waals surface area contributed by atoms with Gasteiger partial charge in [0, 0.05) is 12.7 Å². The summed E-state index contributed by atoms with van der Waals surface area (Å²) in [5.41, 5.74) is 7.48. The molecule has 0 spiro atoms. The van der Waals surface area contributed by atoms with Crippen molar-refractivity contribution in [1.82, 2.24) is 14.5 Å². The Bertz CT molecular complexity index is 506. The SMILES string of the molecule is CCCCCCn1c(N)nc2cc(Cl)cnc21. The Morgan fingerprint density at radius 3 is 2.94 bits per heavy atom. The molecular weight excluding hydrogens is 236 g/mol. The molecular formula is C12H17ClN4. The molecule has 17 heavy (non-hydrogen) atoms. The Morgan fingerprint density at radius 2 is 2.18 bits per heavy atom. The van der Waals surface area contributed by atoms with E-state index >= 15 is 0 Å². The highest BCUT2D eigenvalue weighted by atomic mass is 35.5. The first-order chi connectivity index (χ1) is 8.22. The second-order valence-electron chi connectivity index (χ2n) is 4.18. The molecule has 0 bridgehead atoms. The molecule has 0 saturated heterocycles. The summed E-state index contributed by atoms with van der Waals surface area (Å²) in [6, 6.07) is 1.79.